The monoisotopic (exact) mass is 746 g/mol. The summed E-state index contributed by atoms with van der Waals surface area (Å²) in [6, 6.07) is 43.3. The number of hydrogen-bond donors (Lipinski definition) is 2. The molecule has 5 aromatic carbocycles. The second-order valence-corrected chi connectivity index (χ2v) is 16.1. The number of aromatic nitrogens is 2. The maximum Gasteiger partial charge on any atom is 0.329 e. The fourth-order valence-corrected chi connectivity index (χ4v) is 10.2. The summed E-state index contributed by atoms with van der Waals surface area (Å²) in [5.74, 6) is 0. The molecule has 0 spiro atoms. The van der Waals surface area contributed by atoms with Crippen molar-refractivity contribution in [3.63, 3.8) is 0 Å². The molecule has 2 aliphatic carbocycles. The summed E-state index contributed by atoms with van der Waals surface area (Å²) in [5.41, 5.74) is 12.2. The number of β-amino-alcohol motifs (C(OH)–C–C–N with tert-alkyl or cyclic N) is 2. The summed E-state index contributed by atoms with van der Waals surface area (Å²) in [7, 11) is 0. The summed E-state index contributed by atoms with van der Waals surface area (Å²) in [4.78, 5) is 23.8. The van der Waals surface area contributed by atoms with Crippen LogP contribution in [0, 0.1) is 0 Å². The van der Waals surface area contributed by atoms with Crippen molar-refractivity contribution < 1.29 is 10.2 Å². The van der Waals surface area contributed by atoms with E-state index in [1.807, 2.05) is 24.3 Å². The van der Waals surface area contributed by atoms with E-state index in [9.17, 15) is 15.0 Å². The van der Waals surface area contributed by atoms with Gasteiger partial charge in [0.15, 0.2) is 0 Å². The number of aliphatic hydroxyl groups excluding tert-OH is 2. The van der Waals surface area contributed by atoms with Crippen LogP contribution in [0.5, 0.6) is 0 Å². The summed E-state index contributed by atoms with van der Waals surface area (Å²) >= 11 is 0. The Hall–Kier alpha value is -4.87. The highest BCUT2D eigenvalue weighted by molar-refractivity contribution is 5.79. The fourth-order valence-electron chi connectivity index (χ4n) is 10.2. The minimum absolute atomic E-state index is 0.184. The minimum Gasteiger partial charge on any atom is -0.390 e. The molecule has 1 aromatic heterocycles. The van der Waals surface area contributed by atoms with Gasteiger partial charge in [-0.2, -0.15) is 0 Å². The Morgan fingerprint density at radius 1 is 0.429 bits per heavy atom. The van der Waals surface area contributed by atoms with Gasteiger partial charge >= 0.3 is 5.69 Å². The number of benzene rings is 5. The third-order valence-corrected chi connectivity index (χ3v) is 12.8. The Bertz CT molecular complexity index is 2170. The van der Waals surface area contributed by atoms with Crippen LogP contribution in [0.2, 0.25) is 0 Å². The summed E-state index contributed by atoms with van der Waals surface area (Å²) < 4.78 is 3.40. The molecule has 9 heteroatoms. The predicted octanol–water partition coefficient (Wildman–Crippen LogP) is 5.30. The molecule has 0 radical (unpaired) electrons. The average molecular weight is 747 g/mol. The summed E-state index contributed by atoms with van der Waals surface area (Å²) in [6.45, 7) is 8.50. The molecule has 2 saturated heterocycles. The molecule has 2 aliphatic heterocycles. The molecular formula is C47H50N6O3. The molecule has 10 rings (SSSR count). The zero-order valence-electron chi connectivity index (χ0n) is 31.8. The van der Waals surface area contributed by atoms with E-state index >= 15 is 0 Å². The Morgan fingerprint density at radius 3 is 1.07 bits per heavy atom. The first-order chi connectivity index (χ1) is 27.5. The van der Waals surface area contributed by atoms with Crippen molar-refractivity contribution >= 4 is 11.0 Å². The lowest BCUT2D eigenvalue weighted by Crippen LogP contribution is -2.50. The van der Waals surface area contributed by atoms with Crippen molar-refractivity contribution in [2.24, 2.45) is 0 Å². The third-order valence-electron chi connectivity index (χ3n) is 12.8. The molecule has 9 nitrogen and oxygen atoms in total. The Kier molecular flexibility index (Phi) is 9.45. The van der Waals surface area contributed by atoms with E-state index in [0.29, 0.717) is 13.1 Å². The van der Waals surface area contributed by atoms with Crippen molar-refractivity contribution in [1.82, 2.24) is 28.7 Å². The van der Waals surface area contributed by atoms with Gasteiger partial charge in [0, 0.05) is 65.4 Å². The highest BCUT2D eigenvalue weighted by Gasteiger charge is 2.36. The summed E-state index contributed by atoms with van der Waals surface area (Å²) in [5, 5.41) is 22.8. The van der Waals surface area contributed by atoms with E-state index < -0.39 is 12.2 Å². The van der Waals surface area contributed by atoms with Gasteiger partial charge in [-0.1, -0.05) is 109 Å². The molecular weight excluding hydrogens is 697 g/mol. The highest BCUT2D eigenvalue weighted by Crippen LogP contribution is 2.47. The van der Waals surface area contributed by atoms with E-state index in [4.69, 9.17) is 0 Å². The molecule has 6 aromatic rings. The Morgan fingerprint density at radius 2 is 0.732 bits per heavy atom. The molecule has 2 N–H and O–H groups in total. The van der Waals surface area contributed by atoms with Crippen LogP contribution in [0.3, 0.4) is 0 Å². The number of para-hydroxylation sites is 2. The number of hydrogen-bond acceptors (Lipinski definition) is 7. The molecule has 2 unspecified atom stereocenters. The number of aliphatic hydroxyl groups is 2. The first kappa shape index (κ1) is 35.5. The van der Waals surface area contributed by atoms with Crippen LogP contribution in [0.25, 0.3) is 33.3 Å². The van der Waals surface area contributed by atoms with Crippen molar-refractivity contribution in [2.75, 3.05) is 65.4 Å². The van der Waals surface area contributed by atoms with Crippen LogP contribution in [-0.4, -0.2) is 117 Å². The number of rotatable bonds is 10. The van der Waals surface area contributed by atoms with Gasteiger partial charge in [0.2, 0.25) is 0 Å². The SMILES string of the molecule is O=c1n(CC(O)CN2CCN(C3c4ccccc4-c4ccccc43)CC2)c2ccccc2n1CC(O)CN1CCN(C2c3ccccc3-c3ccccc32)CC1. The van der Waals surface area contributed by atoms with Crippen molar-refractivity contribution in [1.29, 1.82) is 0 Å². The van der Waals surface area contributed by atoms with Gasteiger partial charge < -0.3 is 10.2 Å². The van der Waals surface area contributed by atoms with Crippen molar-refractivity contribution in [3.8, 4) is 22.3 Å². The number of nitrogens with zero attached hydrogens (tertiary/aromatic N) is 6. The lowest BCUT2D eigenvalue weighted by molar-refractivity contribution is 0.0541. The fraction of sp³-hybridized carbons (Fsp3) is 0.340. The quantitative estimate of drug-likeness (QED) is 0.197. The average Bonchev–Trinajstić information content (AvgIpc) is 3.84. The van der Waals surface area contributed by atoms with E-state index in [1.165, 1.54) is 44.5 Å². The molecule has 0 saturated carbocycles. The van der Waals surface area contributed by atoms with Gasteiger partial charge in [-0.3, -0.25) is 28.7 Å². The molecule has 4 aliphatic rings. The number of piperazine rings is 2. The van der Waals surface area contributed by atoms with Crippen LogP contribution in [-0.2, 0) is 13.1 Å². The summed E-state index contributed by atoms with van der Waals surface area (Å²) in [6.07, 6.45) is -1.40. The molecule has 2 atom stereocenters. The lowest BCUT2D eigenvalue weighted by Gasteiger charge is -2.39. The molecule has 286 valence electrons. The Balaban J connectivity index is 0.761. The maximum atomic E-state index is 14.0. The zero-order chi connectivity index (χ0) is 37.8. The van der Waals surface area contributed by atoms with Gasteiger partial charge in [-0.05, 0) is 56.6 Å². The van der Waals surface area contributed by atoms with Gasteiger partial charge in [0.1, 0.15) is 0 Å². The van der Waals surface area contributed by atoms with Crippen LogP contribution in [0.4, 0.5) is 0 Å². The second-order valence-electron chi connectivity index (χ2n) is 16.1. The molecule has 0 amide bonds. The lowest BCUT2D eigenvalue weighted by atomic mass is 10.0. The van der Waals surface area contributed by atoms with Gasteiger partial charge in [0.05, 0.1) is 48.4 Å². The standard InChI is InChI=1S/C47H50N6O3/c54-33(29-48-21-25-50(26-22-48)45-39-15-5-1-11-35(39)36-12-2-6-16-40(36)45)31-52-43-19-9-10-20-44(43)53(47(52)56)32-34(55)30-49-23-27-51(28-24-49)46-41-17-7-3-13-37(41)38-14-4-8-18-42(38)46/h1-20,33-34,45-46,54-55H,21-32H2. The number of imidazole rings is 1. The van der Waals surface area contributed by atoms with Crippen molar-refractivity contribution in [3.05, 3.63) is 154 Å². The molecule has 2 fully saturated rings. The smallest absolute Gasteiger partial charge is 0.329 e. The van der Waals surface area contributed by atoms with Crippen LogP contribution >= 0.6 is 0 Å². The highest BCUT2D eigenvalue weighted by atomic mass is 16.3. The van der Waals surface area contributed by atoms with E-state index in [-0.39, 0.29) is 30.9 Å². The van der Waals surface area contributed by atoms with E-state index in [0.717, 1.165) is 63.4 Å². The van der Waals surface area contributed by atoms with Crippen molar-refractivity contribution in [2.45, 2.75) is 37.4 Å². The minimum atomic E-state index is -0.702. The normalized spacial score (nSPS) is 19.2. The first-order valence-electron chi connectivity index (χ1n) is 20.4. The topological polar surface area (TPSA) is 80.3 Å². The van der Waals surface area contributed by atoms with Crippen LogP contribution in [0.15, 0.2) is 126 Å². The third kappa shape index (κ3) is 6.33. The number of fused-ring (bicyclic) bond motifs is 7. The molecule has 0 bridgehead atoms. The predicted molar refractivity (Wildman–Crippen MR) is 222 cm³/mol. The molecule has 3 heterocycles. The van der Waals surface area contributed by atoms with Gasteiger partial charge in [0.25, 0.3) is 0 Å². The van der Waals surface area contributed by atoms with E-state index in [1.54, 1.807) is 9.13 Å². The van der Waals surface area contributed by atoms with Gasteiger partial charge in [-0.25, -0.2) is 4.79 Å². The zero-order valence-corrected chi connectivity index (χ0v) is 31.8. The maximum absolute atomic E-state index is 14.0. The van der Waals surface area contributed by atoms with Crippen LogP contribution < -0.4 is 5.69 Å². The second kappa shape index (κ2) is 14.9. The molecule has 56 heavy (non-hydrogen) atoms. The Labute approximate surface area is 328 Å². The van der Waals surface area contributed by atoms with E-state index in [2.05, 4.69) is 117 Å². The van der Waals surface area contributed by atoms with Gasteiger partial charge in [-0.15, -0.1) is 0 Å². The van der Waals surface area contributed by atoms with Crippen LogP contribution in [0.1, 0.15) is 34.3 Å². The first-order valence-corrected chi connectivity index (χ1v) is 20.4. The largest absolute Gasteiger partial charge is 0.390 e.